The lowest BCUT2D eigenvalue weighted by molar-refractivity contribution is -0.123. The van der Waals surface area contributed by atoms with E-state index in [0.29, 0.717) is 61.3 Å². The summed E-state index contributed by atoms with van der Waals surface area (Å²) in [6.07, 6.45) is 5.27. The summed E-state index contributed by atoms with van der Waals surface area (Å²) in [4.78, 5) is 76.1. The molecule has 2 aromatic carbocycles. The lowest BCUT2D eigenvalue weighted by Gasteiger charge is -2.23. The van der Waals surface area contributed by atoms with Crippen molar-refractivity contribution >= 4 is 29.6 Å². The Balaban J connectivity index is 1.38. The second-order valence-corrected chi connectivity index (χ2v) is 13.2. The van der Waals surface area contributed by atoms with Gasteiger partial charge in [0, 0.05) is 69.6 Å². The molecule has 2 atom stereocenters. The number of nitrogens with one attached hydrogen (secondary N) is 2. The van der Waals surface area contributed by atoms with Crippen molar-refractivity contribution in [3.05, 3.63) is 85.2 Å². The number of hydrogen-bond donors (Lipinski definition) is 4. The summed E-state index contributed by atoms with van der Waals surface area (Å²) in [5.74, 6) is -2.71. The van der Waals surface area contributed by atoms with Gasteiger partial charge in [0.05, 0.1) is 12.6 Å². The molecule has 2 aliphatic heterocycles. The molecule has 0 saturated carbocycles. The van der Waals surface area contributed by atoms with Gasteiger partial charge in [-0.1, -0.05) is 18.2 Å². The van der Waals surface area contributed by atoms with Crippen LogP contribution in [0.25, 0.3) is 6.08 Å². The number of nitrogens with zero attached hydrogens (tertiary/aromatic N) is 2. The summed E-state index contributed by atoms with van der Waals surface area (Å²) in [6.45, 7) is 1.54. The first-order valence-corrected chi connectivity index (χ1v) is 17.5. The molecule has 0 fully saturated rings. The molecule has 282 valence electrons. The molecule has 0 spiro atoms. The summed E-state index contributed by atoms with van der Waals surface area (Å²) in [5.41, 5.74) is -0.308. The molecule has 15 nitrogen and oxygen atoms in total. The number of carbonyl (C=O) groups is 4. The minimum absolute atomic E-state index is 0.0108. The highest BCUT2D eigenvalue weighted by molar-refractivity contribution is 5.98. The number of aromatic nitrogens is 2. The van der Waals surface area contributed by atoms with Crippen LogP contribution < -0.4 is 31.4 Å². The third-order valence-corrected chi connectivity index (χ3v) is 9.35. The number of esters is 1. The number of carbonyl (C=O) groups excluding carboxylic acids is 4. The normalized spacial score (nSPS) is 16.6. The molecule has 2 amide bonds. The molecule has 15 heteroatoms. The lowest BCUT2D eigenvalue weighted by atomic mass is 9.84. The maximum atomic E-state index is 13.6. The second-order valence-electron chi connectivity index (χ2n) is 13.2. The van der Waals surface area contributed by atoms with E-state index >= 15 is 0 Å². The van der Waals surface area contributed by atoms with Gasteiger partial charge < -0.3 is 35.1 Å². The van der Waals surface area contributed by atoms with Crippen LogP contribution in [0.1, 0.15) is 97.0 Å². The molecule has 0 saturated heterocycles. The van der Waals surface area contributed by atoms with Crippen LogP contribution in [0.2, 0.25) is 0 Å². The molecule has 53 heavy (non-hydrogen) atoms. The Morgan fingerprint density at radius 3 is 2.49 bits per heavy atom. The maximum Gasteiger partial charge on any atom is 0.342 e. The zero-order valence-corrected chi connectivity index (χ0v) is 29.9. The van der Waals surface area contributed by atoms with E-state index in [9.17, 15) is 39.0 Å². The second kappa shape index (κ2) is 17.1. The topological polar surface area (TPSA) is 204 Å². The van der Waals surface area contributed by atoms with Crippen LogP contribution in [0, 0.1) is 0 Å². The van der Waals surface area contributed by atoms with Crippen molar-refractivity contribution in [1.29, 1.82) is 0 Å². The molecule has 0 radical (unpaired) electrons. The number of Topliss-reactive ketones (excluding diaryl/α,β-unsaturated/α-hetero) is 1. The number of amides is 2. The van der Waals surface area contributed by atoms with E-state index in [4.69, 9.17) is 14.2 Å². The van der Waals surface area contributed by atoms with Crippen molar-refractivity contribution in [2.45, 2.75) is 76.9 Å². The van der Waals surface area contributed by atoms with E-state index in [1.807, 2.05) is 0 Å². The summed E-state index contributed by atoms with van der Waals surface area (Å²) >= 11 is 0. The van der Waals surface area contributed by atoms with Gasteiger partial charge in [-0.15, -0.1) is 0 Å². The smallest absolute Gasteiger partial charge is 0.342 e. The van der Waals surface area contributed by atoms with Crippen LogP contribution in [0.3, 0.4) is 0 Å². The number of rotatable bonds is 9. The van der Waals surface area contributed by atoms with Crippen molar-refractivity contribution in [2.24, 2.45) is 14.1 Å². The van der Waals surface area contributed by atoms with Gasteiger partial charge in [-0.25, -0.2) is 9.59 Å². The van der Waals surface area contributed by atoms with Crippen molar-refractivity contribution in [2.75, 3.05) is 13.3 Å². The van der Waals surface area contributed by atoms with Gasteiger partial charge in [0.2, 0.25) is 18.6 Å². The lowest BCUT2D eigenvalue weighted by Crippen LogP contribution is -2.39. The van der Waals surface area contributed by atoms with E-state index < -0.39 is 46.8 Å². The Morgan fingerprint density at radius 1 is 0.943 bits per heavy atom. The highest BCUT2D eigenvalue weighted by Gasteiger charge is 2.32. The average Bonchev–Trinajstić information content (AvgIpc) is 3.59. The minimum atomic E-state index is -1.00. The molecule has 3 heterocycles. The van der Waals surface area contributed by atoms with Crippen molar-refractivity contribution in [1.82, 2.24) is 19.8 Å². The van der Waals surface area contributed by atoms with Crippen molar-refractivity contribution in [3.8, 4) is 23.0 Å². The summed E-state index contributed by atoms with van der Waals surface area (Å²) in [5, 5.41) is 28.6. The fourth-order valence-corrected chi connectivity index (χ4v) is 6.33. The predicted octanol–water partition coefficient (Wildman–Crippen LogP) is 3.05. The maximum absolute atomic E-state index is 13.6. The first kappa shape index (κ1) is 38.4. The van der Waals surface area contributed by atoms with Crippen LogP contribution in [-0.4, -0.2) is 62.4 Å². The molecule has 2 aliphatic rings. The number of phenolic OH excluding ortho intramolecular Hbond substituents is 2. The highest BCUT2D eigenvalue weighted by Crippen LogP contribution is 2.46. The zero-order chi connectivity index (χ0) is 38.2. The zero-order valence-electron chi connectivity index (χ0n) is 29.9. The number of benzene rings is 2. The number of ketones is 1. The molecule has 0 bridgehead atoms. The quantitative estimate of drug-likeness (QED) is 0.236. The van der Waals surface area contributed by atoms with Gasteiger partial charge >= 0.3 is 11.7 Å². The van der Waals surface area contributed by atoms with Gasteiger partial charge in [0.1, 0.15) is 22.8 Å². The number of ether oxygens (including phenoxy) is 3. The fraction of sp³-hybridized carbons (Fsp3) is 0.421. The Labute approximate surface area is 305 Å². The number of phenols is 2. The van der Waals surface area contributed by atoms with Crippen LogP contribution in [0.15, 0.2) is 46.0 Å². The van der Waals surface area contributed by atoms with Crippen LogP contribution >= 0.6 is 0 Å². The van der Waals surface area contributed by atoms with Crippen LogP contribution in [0.5, 0.6) is 23.0 Å². The first-order chi connectivity index (χ1) is 25.3. The van der Waals surface area contributed by atoms with Gasteiger partial charge in [0.15, 0.2) is 11.5 Å². The summed E-state index contributed by atoms with van der Waals surface area (Å²) in [6, 6.07) is 7.52. The Morgan fingerprint density at radius 2 is 1.70 bits per heavy atom. The van der Waals surface area contributed by atoms with Crippen molar-refractivity contribution < 1.29 is 43.6 Å². The monoisotopic (exact) mass is 732 g/mol. The Hall–Kier alpha value is -5.86. The highest BCUT2D eigenvalue weighted by atomic mass is 16.7. The first-order valence-electron chi connectivity index (χ1n) is 17.5. The molecule has 0 aliphatic carbocycles. The Bertz CT molecular complexity index is 2050. The summed E-state index contributed by atoms with van der Waals surface area (Å²) < 4.78 is 18.9. The summed E-state index contributed by atoms with van der Waals surface area (Å²) in [7, 11) is 2.84. The standard InChI is InChI=1S/C38H44N4O11/c1-22-8-7-11-26(43)10-6-4-5-9-24-16-28(44)35(36(48)34(24)37(49)53-22)27(23-12-13-29-30(17-23)52-21-51-29)19-32(46)39-15-14-31(45)40-20-25-18-33(47)42(3)38(50)41(25)2/h5,9,12-13,16-18,22,27,44,48H,4,6-8,10-11,14-15,19-21H2,1-3H3,(H,39,46)(H,40,45)/t22-,27?/m0/s1. The van der Waals surface area contributed by atoms with E-state index in [-0.39, 0.29) is 60.9 Å². The minimum Gasteiger partial charge on any atom is -0.507 e. The number of aromatic hydroxyl groups is 2. The van der Waals surface area contributed by atoms with Gasteiger partial charge in [-0.05, 0) is 61.9 Å². The van der Waals surface area contributed by atoms with E-state index in [1.165, 1.54) is 30.8 Å². The Kier molecular flexibility index (Phi) is 12.4. The number of allylic oxidation sites excluding steroid dienone is 1. The number of hydrogen-bond acceptors (Lipinski definition) is 11. The molecule has 3 aromatic rings. The third-order valence-electron chi connectivity index (χ3n) is 9.35. The van der Waals surface area contributed by atoms with Crippen LogP contribution in [0.4, 0.5) is 0 Å². The van der Waals surface area contributed by atoms with Gasteiger partial charge in [-0.2, -0.15) is 0 Å². The predicted molar refractivity (Wildman–Crippen MR) is 192 cm³/mol. The number of fused-ring (bicyclic) bond motifs is 2. The molecular weight excluding hydrogens is 688 g/mol. The average molecular weight is 733 g/mol. The number of cyclic esters (lactones) is 1. The van der Waals surface area contributed by atoms with Gasteiger partial charge in [-0.3, -0.25) is 28.3 Å². The van der Waals surface area contributed by atoms with Crippen LogP contribution in [-0.2, 0) is 39.8 Å². The molecule has 4 N–H and O–H groups in total. The largest absolute Gasteiger partial charge is 0.507 e. The molecule has 5 rings (SSSR count). The van der Waals surface area contributed by atoms with Crippen molar-refractivity contribution in [3.63, 3.8) is 0 Å². The van der Waals surface area contributed by atoms with E-state index in [2.05, 4.69) is 10.6 Å². The van der Waals surface area contributed by atoms with Gasteiger partial charge in [0.25, 0.3) is 5.56 Å². The third kappa shape index (κ3) is 9.33. The molecule has 1 aromatic heterocycles. The molecule has 1 unspecified atom stereocenters. The van der Waals surface area contributed by atoms with E-state index in [1.54, 1.807) is 37.3 Å². The fourth-order valence-electron chi connectivity index (χ4n) is 6.33. The molecular formula is C38H44N4O11. The SMILES string of the molecule is C[C@H]1CCCC(=O)CCCC=Cc2cc(O)c(C(CC(=O)NCCC(=O)NCc3cc(=O)n(C)c(=O)n3C)c3ccc4c(c3)OCO4)c(O)c2C(=O)O1. The van der Waals surface area contributed by atoms with E-state index in [0.717, 1.165) is 4.57 Å².